The Morgan fingerprint density at radius 1 is 1.24 bits per heavy atom. The summed E-state index contributed by atoms with van der Waals surface area (Å²) in [6, 6.07) is 5.42. The number of nitrogen functional groups attached to an aromatic ring is 1. The van der Waals surface area contributed by atoms with Crippen molar-refractivity contribution in [1.82, 2.24) is 0 Å². The topological polar surface area (TPSA) is 53.7 Å². The van der Waals surface area contributed by atoms with Crippen molar-refractivity contribution in [1.29, 1.82) is 0 Å². The summed E-state index contributed by atoms with van der Waals surface area (Å²) in [4.78, 5) is 0. The molecule has 0 atom stereocenters. The van der Waals surface area contributed by atoms with Gasteiger partial charge in [0.1, 0.15) is 18.1 Å². The van der Waals surface area contributed by atoms with E-state index in [0.717, 1.165) is 5.75 Å². The Morgan fingerprint density at radius 3 is 2.65 bits per heavy atom. The molecule has 0 unspecified atom stereocenters. The molecule has 0 fully saturated rings. The SMILES string of the molecule is CCOCCOc1ccc(N)c(OC(C)C)c1. The molecule has 1 aromatic rings. The van der Waals surface area contributed by atoms with Crippen molar-refractivity contribution in [3.63, 3.8) is 0 Å². The standard InChI is InChI=1S/C13H21NO3/c1-4-15-7-8-16-11-5-6-12(14)13(9-11)17-10(2)3/h5-6,9-10H,4,7-8,14H2,1-3H3. The summed E-state index contributed by atoms with van der Waals surface area (Å²) in [6.45, 7) is 7.69. The van der Waals surface area contributed by atoms with Gasteiger partial charge in [0.15, 0.2) is 0 Å². The van der Waals surface area contributed by atoms with Gasteiger partial charge in [0.05, 0.1) is 18.4 Å². The van der Waals surface area contributed by atoms with Crippen LogP contribution >= 0.6 is 0 Å². The van der Waals surface area contributed by atoms with Crippen LogP contribution < -0.4 is 15.2 Å². The molecule has 0 aliphatic carbocycles. The van der Waals surface area contributed by atoms with Gasteiger partial charge in [-0.3, -0.25) is 0 Å². The maximum Gasteiger partial charge on any atom is 0.146 e. The van der Waals surface area contributed by atoms with Crippen molar-refractivity contribution in [2.45, 2.75) is 26.9 Å². The fourth-order valence-corrected chi connectivity index (χ4v) is 1.32. The quantitative estimate of drug-likeness (QED) is 0.586. The average molecular weight is 239 g/mol. The van der Waals surface area contributed by atoms with E-state index in [4.69, 9.17) is 19.9 Å². The van der Waals surface area contributed by atoms with Gasteiger partial charge in [-0.15, -0.1) is 0 Å². The van der Waals surface area contributed by atoms with Crippen molar-refractivity contribution in [3.05, 3.63) is 18.2 Å². The van der Waals surface area contributed by atoms with E-state index in [9.17, 15) is 0 Å². The molecule has 0 aliphatic rings. The first-order valence-corrected chi connectivity index (χ1v) is 5.90. The first-order chi connectivity index (χ1) is 8.13. The molecule has 17 heavy (non-hydrogen) atoms. The molecule has 1 rings (SSSR count). The average Bonchev–Trinajstić information content (AvgIpc) is 2.28. The van der Waals surface area contributed by atoms with Crippen LogP contribution in [0.25, 0.3) is 0 Å². The van der Waals surface area contributed by atoms with Crippen molar-refractivity contribution < 1.29 is 14.2 Å². The molecule has 0 aromatic heterocycles. The fourth-order valence-electron chi connectivity index (χ4n) is 1.32. The van der Waals surface area contributed by atoms with Crippen molar-refractivity contribution in [2.24, 2.45) is 0 Å². The van der Waals surface area contributed by atoms with Gasteiger partial charge in [-0.1, -0.05) is 0 Å². The lowest BCUT2D eigenvalue weighted by Gasteiger charge is -2.14. The van der Waals surface area contributed by atoms with Crippen LogP contribution in [0.15, 0.2) is 18.2 Å². The van der Waals surface area contributed by atoms with E-state index in [1.54, 1.807) is 12.1 Å². The zero-order valence-corrected chi connectivity index (χ0v) is 10.7. The first-order valence-electron chi connectivity index (χ1n) is 5.90. The van der Waals surface area contributed by atoms with Crippen molar-refractivity contribution >= 4 is 5.69 Å². The van der Waals surface area contributed by atoms with Gasteiger partial charge in [-0.25, -0.2) is 0 Å². The molecule has 0 radical (unpaired) electrons. The van der Waals surface area contributed by atoms with E-state index in [2.05, 4.69) is 0 Å². The Labute approximate surface area is 103 Å². The smallest absolute Gasteiger partial charge is 0.146 e. The molecule has 0 bridgehead atoms. The molecule has 96 valence electrons. The zero-order chi connectivity index (χ0) is 12.7. The molecule has 1 aromatic carbocycles. The van der Waals surface area contributed by atoms with Crippen LogP contribution in [-0.4, -0.2) is 25.9 Å². The van der Waals surface area contributed by atoms with Crippen LogP contribution in [0, 0.1) is 0 Å². The normalized spacial score (nSPS) is 10.6. The maximum absolute atomic E-state index is 5.81. The van der Waals surface area contributed by atoms with E-state index in [0.29, 0.717) is 31.3 Å². The third kappa shape index (κ3) is 4.95. The molecular formula is C13H21NO3. The monoisotopic (exact) mass is 239 g/mol. The minimum atomic E-state index is 0.0935. The second kappa shape index (κ2) is 7.01. The molecule has 0 aliphatic heterocycles. The van der Waals surface area contributed by atoms with Gasteiger partial charge >= 0.3 is 0 Å². The van der Waals surface area contributed by atoms with Crippen LogP contribution in [-0.2, 0) is 4.74 Å². The molecule has 0 saturated carbocycles. The third-order valence-electron chi connectivity index (χ3n) is 2.05. The summed E-state index contributed by atoms with van der Waals surface area (Å²) in [5, 5.41) is 0. The van der Waals surface area contributed by atoms with Gasteiger partial charge in [0.2, 0.25) is 0 Å². The summed E-state index contributed by atoms with van der Waals surface area (Å²) in [5.41, 5.74) is 6.43. The zero-order valence-electron chi connectivity index (χ0n) is 10.7. The van der Waals surface area contributed by atoms with Gasteiger partial charge in [0.25, 0.3) is 0 Å². The van der Waals surface area contributed by atoms with E-state index in [-0.39, 0.29) is 6.10 Å². The summed E-state index contributed by atoms with van der Waals surface area (Å²) < 4.78 is 16.3. The molecule has 4 nitrogen and oxygen atoms in total. The minimum absolute atomic E-state index is 0.0935. The molecule has 0 spiro atoms. The maximum atomic E-state index is 5.81. The Morgan fingerprint density at radius 2 is 2.00 bits per heavy atom. The number of benzene rings is 1. The van der Waals surface area contributed by atoms with E-state index in [1.807, 2.05) is 26.8 Å². The number of hydrogen-bond donors (Lipinski definition) is 1. The highest BCUT2D eigenvalue weighted by molar-refractivity contribution is 5.55. The van der Waals surface area contributed by atoms with Crippen molar-refractivity contribution in [2.75, 3.05) is 25.6 Å². The summed E-state index contributed by atoms with van der Waals surface area (Å²) >= 11 is 0. The Bertz CT molecular complexity index is 339. The molecule has 4 heteroatoms. The van der Waals surface area contributed by atoms with Crippen molar-refractivity contribution in [3.8, 4) is 11.5 Å². The largest absolute Gasteiger partial charge is 0.491 e. The second-order valence-electron chi connectivity index (χ2n) is 3.91. The van der Waals surface area contributed by atoms with E-state index in [1.165, 1.54) is 0 Å². The number of ether oxygens (including phenoxy) is 3. The van der Waals surface area contributed by atoms with Gasteiger partial charge in [-0.2, -0.15) is 0 Å². The predicted molar refractivity (Wildman–Crippen MR) is 68.6 cm³/mol. The molecule has 0 saturated heterocycles. The summed E-state index contributed by atoms with van der Waals surface area (Å²) in [7, 11) is 0. The van der Waals surface area contributed by atoms with Gasteiger partial charge in [-0.05, 0) is 32.9 Å². The molecular weight excluding hydrogens is 218 g/mol. The van der Waals surface area contributed by atoms with E-state index >= 15 is 0 Å². The van der Waals surface area contributed by atoms with Crippen LogP contribution in [0.4, 0.5) is 5.69 Å². The van der Waals surface area contributed by atoms with Crippen LogP contribution in [0.5, 0.6) is 11.5 Å². The van der Waals surface area contributed by atoms with Gasteiger partial charge < -0.3 is 19.9 Å². The Balaban J connectivity index is 2.55. The van der Waals surface area contributed by atoms with Crippen LogP contribution in [0.3, 0.4) is 0 Å². The lowest BCUT2D eigenvalue weighted by Crippen LogP contribution is -2.09. The Kier molecular flexibility index (Phi) is 5.63. The predicted octanol–water partition coefficient (Wildman–Crippen LogP) is 2.47. The number of nitrogens with two attached hydrogens (primary N) is 1. The van der Waals surface area contributed by atoms with Crippen LogP contribution in [0.2, 0.25) is 0 Å². The van der Waals surface area contributed by atoms with Crippen LogP contribution in [0.1, 0.15) is 20.8 Å². The number of anilines is 1. The van der Waals surface area contributed by atoms with Gasteiger partial charge in [0, 0.05) is 12.7 Å². The summed E-state index contributed by atoms with van der Waals surface area (Å²) in [5.74, 6) is 1.41. The third-order valence-corrected chi connectivity index (χ3v) is 2.05. The minimum Gasteiger partial charge on any atom is -0.491 e. The fraction of sp³-hybridized carbons (Fsp3) is 0.538. The number of hydrogen-bond acceptors (Lipinski definition) is 4. The first kappa shape index (κ1) is 13.6. The second-order valence-corrected chi connectivity index (χ2v) is 3.91. The van der Waals surface area contributed by atoms with E-state index < -0.39 is 0 Å². The lowest BCUT2D eigenvalue weighted by molar-refractivity contribution is 0.110. The highest BCUT2D eigenvalue weighted by Gasteiger charge is 2.05. The number of rotatable bonds is 7. The lowest BCUT2D eigenvalue weighted by atomic mass is 10.3. The highest BCUT2D eigenvalue weighted by atomic mass is 16.5. The highest BCUT2D eigenvalue weighted by Crippen LogP contribution is 2.27. The molecule has 2 N–H and O–H groups in total. The Hall–Kier alpha value is -1.42. The molecule has 0 heterocycles. The molecule has 0 amide bonds. The summed E-state index contributed by atoms with van der Waals surface area (Å²) in [6.07, 6.45) is 0.0935.